The molecule has 188 valence electrons. The van der Waals surface area contributed by atoms with Gasteiger partial charge in [0.25, 0.3) is 0 Å². The normalized spacial score (nSPS) is 21.3. The molecule has 1 aromatic rings. The molecule has 9 nitrogen and oxygen atoms in total. The molecule has 1 amide bonds. The first kappa shape index (κ1) is 25.1. The van der Waals surface area contributed by atoms with Crippen LogP contribution in [0.15, 0.2) is 45.6 Å². The van der Waals surface area contributed by atoms with Crippen LogP contribution in [0.3, 0.4) is 0 Å². The van der Waals surface area contributed by atoms with Gasteiger partial charge in [-0.3, -0.25) is 4.79 Å². The minimum absolute atomic E-state index is 0.0657. The van der Waals surface area contributed by atoms with Gasteiger partial charge in [-0.2, -0.15) is 0 Å². The molecule has 1 N–H and O–H groups in total. The fourth-order valence-corrected chi connectivity index (χ4v) is 5.37. The van der Waals surface area contributed by atoms with Gasteiger partial charge < -0.3 is 29.2 Å². The van der Waals surface area contributed by atoms with Crippen LogP contribution >= 0.6 is 11.8 Å². The second kappa shape index (κ2) is 11.2. The van der Waals surface area contributed by atoms with Crippen molar-refractivity contribution in [3.05, 3.63) is 46.1 Å². The lowest BCUT2D eigenvalue weighted by atomic mass is 9.93. The molecule has 3 aliphatic heterocycles. The van der Waals surface area contributed by atoms with Gasteiger partial charge in [0.05, 0.1) is 50.7 Å². The molecule has 0 aliphatic carbocycles. The first-order valence-electron chi connectivity index (χ1n) is 11.7. The van der Waals surface area contributed by atoms with Crippen molar-refractivity contribution in [3.8, 4) is 11.5 Å². The van der Waals surface area contributed by atoms with Crippen LogP contribution < -0.4 is 14.8 Å². The molecule has 3 aliphatic rings. The summed E-state index contributed by atoms with van der Waals surface area (Å²) in [6.45, 7) is 5.04. The fourth-order valence-electron chi connectivity index (χ4n) is 4.40. The third-order valence-corrected chi connectivity index (χ3v) is 6.97. The number of hydrogen-bond acceptors (Lipinski definition) is 9. The summed E-state index contributed by atoms with van der Waals surface area (Å²) in [5.41, 5.74) is 2.51. The van der Waals surface area contributed by atoms with E-state index in [2.05, 4.69) is 10.3 Å². The predicted octanol–water partition coefficient (Wildman–Crippen LogP) is 3.53. The summed E-state index contributed by atoms with van der Waals surface area (Å²) in [4.78, 5) is 32.5. The van der Waals surface area contributed by atoms with Gasteiger partial charge in [-0.15, -0.1) is 0 Å². The van der Waals surface area contributed by atoms with E-state index in [9.17, 15) is 9.59 Å². The molecule has 1 fully saturated rings. The highest BCUT2D eigenvalue weighted by Gasteiger charge is 2.41. The number of nitrogens with one attached hydrogen (secondary N) is 1. The van der Waals surface area contributed by atoms with Crippen LogP contribution in [0, 0.1) is 0 Å². The van der Waals surface area contributed by atoms with E-state index in [1.165, 1.54) is 11.8 Å². The molecule has 3 heterocycles. The maximum absolute atomic E-state index is 13.1. The molecule has 0 saturated carbocycles. The molecule has 35 heavy (non-hydrogen) atoms. The largest absolute Gasteiger partial charge is 0.497 e. The Bertz CT molecular complexity index is 1050. The summed E-state index contributed by atoms with van der Waals surface area (Å²) >= 11 is 1.43. The third-order valence-electron chi connectivity index (χ3n) is 6.08. The molecule has 2 atom stereocenters. The second-order valence-electron chi connectivity index (χ2n) is 8.38. The molecule has 0 radical (unpaired) electrons. The van der Waals surface area contributed by atoms with E-state index in [1.807, 2.05) is 22.4 Å². The van der Waals surface area contributed by atoms with Gasteiger partial charge in [0, 0.05) is 24.9 Å². The molecule has 0 spiro atoms. The zero-order chi connectivity index (χ0) is 24.9. The number of fused-ring (bicyclic) bond motifs is 1. The number of allylic oxidation sites excluding steroid dienone is 1. The molecular formula is C25H31N3O6S. The van der Waals surface area contributed by atoms with E-state index in [0.717, 1.165) is 30.7 Å². The van der Waals surface area contributed by atoms with Crippen molar-refractivity contribution in [2.24, 2.45) is 4.99 Å². The van der Waals surface area contributed by atoms with Crippen LogP contribution in [0.2, 0.25) is 0 Å². The molecule has 4 rings (SSSR count). The number of hydrogen-bond donors (Lipinski definition) is 1. The Kier molecular flexibility index (Phi) is 8.02. The average molecular weight is 502 g/mol. The van der Waals surface area contributed by atoms with E-state index in [0.29, 0.717) is 34.5 Å². The van der Waals surface area contributed by atoms with Gasteiger partial charge in [-0.05, 0) is 49.8 Å². The zero-order valence-electron chi connectivity index (χ0n) is 20.5. The smallest absolute Gasteiger partial charge is 0.338 e. The number of benzene rings is 1. The highest BCUT2D eigenvalue weighted by atomic mass is 32.2. The van der Waals surface area contributed by atoms with Crippen LogP contribution in [0.25, 0.3) is 0 Å². The number of rotatable bonds is 9. The lowest BCUT2D eigenvalue weighted by Gasteiger charge is -2.36. The van der Waals surface area contributed by atoms with Gasteiger partial charge >= 0.3 is 5.97 Å². The maximum atomic E-state index is 13.1. The number of methoxy groups -OCH3 is 2. The van der Waals surface area contributed by atoms with Gasteiger partial charge in [-0.1, -0.05) is 11.8 Å². The van der Waals surface area contributed by atoms with Gasteiger partial charge in [0.1, 0.15) is 11.5 Å². The number of carbonyl (C=O) groups is 2. The Morgan fingerprint density at radius 3 is 2.60 bits per heavy atom. The summed E-state index contributed by atoms with van der Waals surface area (Å²) in [6, 6.07) is 4.94. The van der Waals surface area contributed by atoms with Crippen molar-refractivity contribution in [3.63, 3.8) is 0 Å². The number of esters is 1. The van der Waals surface area contributed by atoms with Crippen LogP contribution in [-0.2, 0) is 19.1 Å². The van der Waals surface area contributed by atoms with Crippen molar-refractivity contribution < 1.29 is 28.5 Å². The van der Waals surface area contributed by atoms with Crippen LogP contribution in [0.5, 0.6) is 11.5 Å². The summed E-state index contributed by atoms with van der Waals surface area (Å²) in [5, 5.41) is 5.59. The van der Waals surface area contributed by atoms with E-state index in [4.69, 9.17) is 18.9 Å². The number of aliphatic imine (C=N–C) groups is 1. The Morgan fingerprint density at radius 2 is 1.97 bits per heavy atom. The van der Waals surface area contributed by atoms with Gasteiger partial charge in [0.2, 0.25) is 5.91 Å². The molecule has 0 bridgehead atoms. The maximum Gasteiger partial charge on any atom is 0.338 e. The van der Waals surface area contributed by atoms with Crippen LogP contribution in [0.1, 0.15) is 44.7 Å². The summed E-state index contributed by atoms with van der Waals surface area (Å²) in [7, 11) is 3.16. The predicted molar refractivity (Wildman–Crippen MR) is 133 cm³/mol. The highest BCUT2D eigenvalue weighted by Crippen LogP contribution is 2.46. The topological polar surface area (TPSA) is 98.7 Å². The second-order valence-corrected chi connectivity index (χ2v) is 9.21. The minimum atomic E-state index is -0.558. The Labute approximate surface area is 209 Å². The monoisotopic (exact) mass is 501 g/mol. The SMILES string of the molecule is CCOC(=O)C1=C(C)N=C2SC=C(CC(=O)NCC3CCCO3)N2C1c1cc(OC)cc(OC)c1. The molecule has 0 aromatic heterocycles. The zero-order valence-corrected chi connectivity index (χ0v) is 21.3. The van der Waals surface area contributed by atoms with Gasteiger partial charge in [-0.25, -0.2) is 9.79 Å². The fraction of sp³-hybridized carbons (Fsp3) is 0.480. The quantitative estimate of drug-likeness (QED) is 0.513. The molecule has 1 aromatic carbocycles. The van der Waals surface area contributed by atoms with E-state index < -0.39 is 12.0 Å². The van der Waals surface area contributed by atoms with Crippen molar-refractivity contribution in [1.29, 1.82) is 0 Å². The first-order chi connectivity index (χ1) is 16.9. The van der Waals surface area contributed by atoms with E-state index in [1.54, 1.807) is 34.1 Å². The number of nitrogens with zero attached hydrogens (tertiary/aromatic N) is 2. The summed E-state index contributed by atoms with van der Waals surface area (Å²) in [6.07, 6.45) is 2.18. The standard InChI is InChI=1S/C25H31N3O6S/c1-5-33-24(30)22-15(2)27-25-28(23(22)16-9-19(31-3)12-20(10-16)32-4)17(14-35-25)11-21(29)26-13-18-7-6-8-34-18/h9-10,12,14,18,23H,5-8,11,13H2,1-4H3,(H,26,29). The van der Waals surface area contributed by atoms with Crippen molar-refractivity contribution >= 4 is 28.8 Å². The number of ether oxygens (including phenoxy) is 4. The number of amides is 1. The molecule has 1 saturated heterocycles. The Hall–Kier alpha value is -2.98. The Balaban J connectivity index is 1.66. The van der Waals surface area contributed by atoms with Crippen molar-refractivity contribution in [1.82, 2.24) is 10.2 Å². The molecule has 10 heteroatoms. The van der Waals surface area contributed by atoms with E-state index >= 15 is 0 Å². The number of carbonyl (C=O) groups excluding carboxylic acids is 2. The van der Waals surface area contributed by atoms with E-state index in [-0.39, 0.29) is 25.0 Å². The first-order valence-corrected chi connectivity index (χ1v) is 12.6. The summed E-state index contributed by atoms with van der Waals surface area (Å²) in [5.74, 6) is 0.630. The Morgan fingerprint density at radius 1 is 1.23 bits per heavy atom. The van der Waals surface area contributed by atoms with Gasteiger partial charge in [0.15, 0.2) is 5.17 Å². The average Bonchev–Trinajstić information content (AvgIpc) is 3.51. The number of thioether (sulfide) groups is 1. The minimum Gasteiger partial charge on any atom is -0.497 e. The molecular weight excluding hydrogens is 470 g/mol. The lowest BCUT2D eigenvalue weighted by Crippen LogP contribution is -2.38. The lowest BCUT2D eigenvalue weighted by molar-refractivity contribution is -0.139. The van der Waals surface area contributed by atoms with Crippen LogP contribution in [-0.4, -0.2) is 62.0 Å². The molecule has 2 unspecified atom stereocenters. The third kappa shape index (κ3) is 5.48. The summed E-state index contributed by atoms with van der Waals surface area (Å²) < 4.78 is 22.0. The van der Waals surface area contributed by atoms with Crippen LogP contribution in [0.4, 0.5) is 0 Å². The highest BCUT2D eigenvalue weighted by molar-refractivity contribution is 8.16. The van der Waals surface area contributed by atoms with Crippen molar-refractivity contribution in [2.75, 3.05) is 34.0 Å². The number of amidine groups is 1. The van der Waals surface area contributed by atoms with Crippen molar-refractivity contribution in [2.45, 2.75) is 45.3 Å².